The van der Waals surface area contributed by atoms with E-state index in [1.165, 1.54) is 0 Å². The monoisotopic (exact) mass is 275 g/mol. The van der Waals surface area contributed by atoms with Crippen LogP contribution < -0.4 is 4.90 Å². The van der Waals surface area contributed by atoms with Gasteiger partial charge in [-0.3, -0.25) is 0 Å². The largest absolute Gasteiger partial charge is 0.423 e. The number of rotatable bonds is 2. The van der Waals surface area contributed by atoms with Crippen LogP contribution in [0.25, 0.3) is 11.1 Å². The van der Waals surface area contributed by atoms with Crippen molar-refractivity contribution in [3.63, 3.8) is 0 Å². The molecule has 2 aromatic heterocycles. The van der Waals surface area contributed by atoms with Crippen LogP contribution in [-0.2, 0) is 0 Å². The first-order valence-electron chi connectivity index (χ1n) is 5.96. The molecule has 3 aromatic rings. The quantitative estimate of drug-likeness (QED) is 0.717. The Kier molecular flexibility index (Phi) is 2.25. The van der Waals surface area contributed by atoms with Crippen molar-refractivity contribution in [2.45, 2.75) is 6.04 Å². The third-order valence-electron chi connectivity index (χ3n) is 3.24. The average molecular weight is 276 g/mol. The van der Waals surface area contributed by atoms with Gasteiger partial charge in [-0.2, -0.15) is 20.0 Å². The molecule has 0 N–H and O–H groups in total. The molecule has 7 heteroatoms. The number of nitrogens with zero attached hydrogens (tertiary/aromatic N) is 5. The number of halogens is 1. The second-order valence-electron chi connectivity index (χ2n) is 4.52. The molecule has 19 heavy (non-hydrogen) atoms. The fourth-order valence-electron chi connectivity index (χ4n) is 2.19. The Hall–Kier alpha value is -2.08. The Morgan fingerprint density at radius 1 is 1.21 bits per heavy atom. The van der Waals surface area contributed by atoms with E-state index >= 15 is 0 Å². The highest BCUT2D eigenvalue weighted by Crippen LogP contribution is 2.30. The molecule has 0 aliphatic carbocycles. The molecule has 1 fully saturated rings. The number of hydrogen-bond donors (Lipinski definition) is 0. The zero-order chi connectivity index (χ0) is 12.8. The van der Waals surface area contributed by atoms with Crippen LogP contribution in [0.15, 0.2) is 35.0 Å². The maximum absolute atomic E-state index is 5.92. The van der Waals surface area contributed by atoms with Crippen molar-refractivity contribution in [2.24, 2.45) is 0 Å². The van der Waals surface area contributed by atoms with E-state index in [0.29, 0.717) is 16.6 Å². The molecule has 3 heterocycles. The fourth-order valence-corrected chi connectivity index (χ4v) is 2.36. The molecule has 0 amide bonds. The Bertz CT molecular complexity index is 717. The summed E-state index contributed by atoms with van der Waals surface area (Å²) in [4.78, 5) is 8.22. The van der Waals surface area contributed by atoms with Crippen LogP contribution in [0.2, 0.25) is 5.02 Å². The summed E-state index contributed by atoms with van der Waals surface area (Å²) in [6.45, 7) is 1.60. The van der Waals surface area contributed by atoms with Crippen molar-refractivity contribution < 1.29 is 4.42 Å². The van der Waals surface area contributed by atoms with Gasteiger partial charge < -0.3 is 9.32 Å². The Balaban J connectivity index is 1.56. The standard InChI is InChI=1S/C12H10ClN5O/c13-8-1-2-10-11(5-8)19-12(16-10)17-6-9(7-17)18-14-3-4-15-18/h1-5,9H,6-7H2. The zero-order valence-corrected chi connectivity index (χ0v) is 10.7. The Labute approximate surface area is 113 Å². The van der Waals surface area contributed by atoms with E-state index in [4.69, 9.17) is 16.0 Å². The van der Waals surface area contributed by atoms with Gasteiger partial charge in [0, 0.05) is 24.2 Å². The van der Waals surface area contributed by atoms with Gasteiger partial charge in [0.2, 0.25) is 0 Å². The zero-order valence-electron chi connectivity index (χ0n) is 9.90. The highest BCUT2D eigenvalue weighted by Gasteiger charge is 2.32. The maximum Gasteiger partial charge on any atom is 0.298 e. The average Bonchev–Trinajstić information content (AvgIpc) is 2.95. The molecule has 0 bridgehead atoms. The summed E-state index contributed by atoms with van der Waals surface area (Å²) >= 11 is 5.92. The number of hydrogen-bond acceptors (Lipinski definition) is 5. The van der Waals surface area contributed by atoms with Crippen LogP contribution >= 0.6 is 11.6 Å². The Morgan fingerprint density at radius 3 is 2.79 bits per heavy atom. The molecule has 0 saturated carbocycles. The lowest BCUT2D eigenvalue weighted by molar-refractivity contribution is 0.317. The highest BCUT2D eigenvalue weighted by atomic mass is 35.5. The second-order valence-corrected chi connectivity index (χ2v) is 4.95. The van der Waals surface area contributed by atoms with E-state index in [2.05, 4.69) is 20.1 Å². The first-order chi connectivity index (χ1) is 9.29. The van der Waals surface area contributed by atoms with Gasteiger partial charge in [-0.25, -0.2) is 0 Å². The summed E-state index contributed by atoms with van der Waals surface area (Å²) < 4.78 is 5.70. The van der Waals surface area contributed by atoms with Crippen LogP contribution in [0.5, 0.6) is 0 Å². The molecular weight excluding hydrogens is 266 g/mol. The Morgan fingerprint density at radius 2 is 2.00 bits per heavy atom. The number of oxazole rings is 1. The van der Waals surface area contributed by atoms with Gasteiger partial charge in [0.25, 0.3) is 6.01 Å². The van der Waals surface area contributed by atoms with Gasteiger partial charge in [0.05, 0.1) is 12.4 Å². The topological polar surface area (TPSA) is 60.0 Å². The number of benzene rings is 1. The summed E-state index contributed by atoms with van der Waals surface area (Å²) in [6, 6.07) is 6.36. The van der Waals surface area contributed by atoms with Gasteiger partial charge in [0.1, 0.15) is 11.6 Å². The predicted molar refractivity (Wildman–Crippen MR) is 70.3 cm³/mol. The SMILES string of the molecule is Clc1ccc2nc(N3CC(n4nccn4)C3)oc2c1. The van der Waals surface area contributed by atoms with Crippen LogP contribution in [0, 0.1) is 0 Å². The minimum Gasteiger partial charge on any atom is -0.423 e. The van der Waals surface area contributed by atoms with Crippen molar-refractivity contribution in [2.75, 3.05) is 18.0 Å². The van der Waals surface area contributed by atoms with Crippen molar-refractivity contribution >= 4 is 28.7 Å². The predicted octanol–water partition coefficient (Wildman–Crippen LogP) is 2.13. The summed E-state index contributed by atoms with van der Waals surface area (Å²) in [5, 5.41) is 8.91. The molecule has 4 rings (SSSR count). The molecule has 0 unspecified atom stereocenters. The molecule has 0 spiro atoms. The van der Waals surface area contributed by atoms with Gasteiger partial charge in [-0.1, -0.05) is 11.6 Å². The van der Waals surface area contributed by atoms with Gasteiger partial charge in [-0.05, 0) is 12.1 Å². The number of aromatic nitrogens is 4. The molecular formula is C12H10ClN5O. The number of anilines is 1. The van der Waals surface area contributed by atoms with Gasteiger partial charge >= 0.3 is 0 Å². The molecule has 96 valence electrons. The van der Waals surface area contributed by atoms with Crippen molar-refractivity contribution in [1.29, 1.82) is 0 Å². The van der Waals surface area contributed by atoms with Crippen molar-refractivity contribution in [3.05, 3.63) is 35.6 Å². The van der Waals surface area contributed by atoms with E-state index < -0.39 is 0 Å². The van der Waals surface area contributed by atoms with Crippen LogP contribution in [0.4, 0.5) is 6.01 Å². The normalized spacial score (nSPS) is 15.9. The first kappa shape index (κ1) is 10.8. The molecule has 0 radical (unpaired) electrons. The summed E-state index contributed by atoms with van der Waals surface area (Å²) in [6.07, 6.45) is 3.37. The lowest BCUT2D eigenvalue weighted by Gasteiger charge is -2.36. The summed E-state index contributed by atoms with van der Waals surface area (Å²) in [5.41, 5.74) is 1.53. The lowest BCUT2D eigenvalue weighted by atomic mass is 10.1. The second kappa shape index (κ2) is 3.96. The van der Waals surface area contributed by atoms with Crippen LogP contribution in [0.3, 0.4) is 0 Å². The molecule has 1 aliphatic heterocycles. The highest BCUT2D eigenvalue weighted by molar-refractivity contribution is 6.31. The summed E-state index contributed by atoms with van der Waals surface area (Å²) in [7, 11) is 0. The van der Waals surface area contributed by atoms with E-state index in [0.717, 1.165) is 18.6 Å². The smallest absolute Gasteiger partial charge is 0.298 e. The van der Waals surface area contributed by atoms with E-state index in [9.17, 15) is 0 Å². The summed E-state index contributed by atoms with van der Waals surface area (Å²) in [5.74, 6) is 0. The molecule has 1 aromatic carbocycles. The third kappa shape index (κ3) is 1.76. The maximum atomic E-state index is 5.92. The van der Waals surface area contributed by atoms with Gasteiger partial charge in [0.15, 0.2) is 5.58 Å². The molecule has 6 nitrogen and oxygen atoms in total. The minimum atomic E-state index is 0.286. The van der Waals surface area contributed by atoms with Crippen LogP contribution in [-0.4, -0.2) is 33.1 Å². The fraction of sp³-hybridized carbons (Fsp3) is 0.250. The molecule has 0 atom stereocenters. The van der Waals surface area contributed by atoms with E-state index in [1.54, 1.807) is 23.3 Å². The molecule has 1 aliphatic rings. The molecule has 1 saturated heterocycles. The van der Waals surface area contributed by atoms with Crippen LogP contribution in [0.1, 0.15) is 6.04 Å². The van der Waals surface area contributed by atoms with E-state index in [1.807, 2.05) is 12.1 Å². The first-order valence-corrected chi connectivity index (χ1v) is 6.34. The van der Waals surface area contributed by atoms with Crippen molar-refractivity contribution in [1.82, 2.24) is 20.0 Å². The lowest BCUT2D eigenvalue weighted by Crippen LogP contribution is -2.48. The third-order valence-corrected chi connectivity index (χ3v) is 3.47. The number of fused-ring (bicyclic) bond motifs is 1. The van der Waals surface area contributed by atoms with Crippen molar-refractivity contribution in [3.8, 4) is 0 Å². The van der Waals surface area contributed by atoms with Gasteiger partial charge in [-0.15, -0.1) is 0 Å². The van der Waals surface area contributed by atoms with E-state index in [-0.39, 0.29) is 6.04 Å². The minimum absolute atomic E-state index is 0.286.